The Morgan fingerprint density at radius 1 is 1.42 bits per heavy atom. The maximum absolute atomic E-state index is 11.4. The van der Waals surface area contributed by atoms with E-state index in [9.17, 15) is 4.79 Å². The van der Waals surface area contributed by atoms with Crippen LogP contribution in [0.15, 0.2) is 23.7 Å². The second kappa shape index (κ2) is 2.86. The number of hydrogen-bond acceptors (Lipinski definition) is 3. The molecule has 0 saturated heterocycles. The molecular weight excluding hydrogens is 172 g/mol. The van der Waals surface area contributed by atoms with Gasteiger partial charge in [0.15, 0.2) is 0 Å². The Balaban J connectivity index is 2.32. The molecule has 0 radical (unpaired) electrons. The molecule has 0 aromatic carbocycles. The first kappa shape index (κ1) is 7.73. The average Bonchev–Trinajstić information content (AvgIpc) is 2.04. The molecule has 0 aromatic heterocycles. The van der Waals surface area contributed by atoms with E-state index >= 15 is 0 Å². The van der Waals surface area contributed by atoms with Gasteiger partial charge in [0.2, 0.25) is 0 Å². The molecule has 3 nitrogen and oxygen atoms in total. The molecule has 0 saturated carbocycles. The highest BCUT2D eigenvalue weighted by atomic mass is 32.2. The number of rotatable bonds is 0. The van der Waals surface area contributed by atoms with E-state index in [1.54, 1.807) is 11.8 Å². The molecule has 0 fully saturated rings. The minimum atomic E-state index is 0.0148. The van der Waals surface area contributed by atoms with Gasteiger partial charge in [-0.1, -0.05) is 6.58 Å². The van der Waals surface area contributed by atoms with Gasteiger partial charge < -0.3 is 10.6 Å². The summed E-state index contributed by atoms with van der Waals surface area (Å²) in [5, 5.41) is 5.75. The Kier molecular flexibility index (Phi) is 1.84. The van der Waals surface area contributed by atoms with E-state index in [0.717, 1.165) is 29.2 Å². The summed E-state index contributed by atoms with van der Waals surface area (Å²) in [7, 11) is 0. The standard InChI is InChI=1S/C8H10N2OS/c1-5-9-7-2-3-12-4-6(7)8(11)10-5/h9H,1-4H2,(H,10,11). The van der Waals surface area contributed by atoms with Crippen LogP contribution in [0.4, 0.5) is 0 Å². The van der Waals surface area contributed by atoms with Crippen molar-refractivity contribution in [1.29, 1.82) is 0 Å². The molecule has 0 bridgehead atoms. The normalized spacial score (nSPS) is 23.0. The largest absolute Gasteiger partial charge is 0.345 e. The lowest BCUT2D eigenvalue weighted by Gasteiger charge is -2.26. The maximum Gasteiger partial charge on any atom is 0.255 e. The molecule has 0 atom stereocenters. The highest BCUT2D eigenvalue weighted by Crippen LogP contribution is 2.24. The summed E-state index contributed by atoms with van der Waals surface area (Å²) in [5.41, 5.74) is 1.95. The molecule has 2 N–H and O–H groups in total. The monoisotopic (exact) mass is 182 g/mol. The smallest absolute Gasteiger partial charge is 0.255 e. The second-order valence-corrected chi connectivity index (χ2v) is 3.92. The average molecular weight is 182 g/mol. The highest BCUT2D eigenvalue weighted by molar-refractivity contribution is 7.99. The third-order valence-electron chi connectivity index (χ3n) is 1.95. The van der Waals surface area contributed by atoms with Gasteiger partial charge in [-0.05, 0) is 12.2 Å². The van der Waals surface area contributed by atoms with Gasteiger partial charge >= 0.3 is 0 Å². The van der Waals surface area contributed by atoms with Gasteiger partial charge in [-0.15, -0.1) is 0 Å². The van der Waals surface area contributed by atoms with Crippen molar-refractivity contribution in [2.24, 2.45) is 0 Å². The third kappa shape index (κ3) is 1.22. The number of hydrogen-bond donors (Lipinski definition) is 2. The Morgan fingerprint density at radius 3 is 3.08 bits per heavy atom. The summed E-state index contributed by atoms with van der Waals surface area (Å²) >= 11 is 1.80. The molecule has 0 spiro atoms. The first-order valence-electron chi connectivity index (χ1n) is 3.84. The summed E-state index contributed by atoms with van der Waals surface area (Å²) in [5.74, 6) is 2.53. The zero-order valence-corrected chi connectivity index (χ0v) is 7.46. The SMILES string of the molecule is C=C1NC(=O)C2=C(CCSC2)N1. The zero-order valence-electron chi connectivity index (χ0n) is 6.64. The van der Waals surface area contributed by atoms with Crippen molar-refractivity contribution in [3.8, 4) is 0 Å². The fourth-order valence-corrected chi connectivity index (χ4v) is 2.36. The predicted octanol–water partition coefficient (Wildman–Crippen LogP) is 0.568. The van der Waals surface area contributed by atoms with E-state index in [1.165, 1.54) is 0 Å². The summed E-state index contributed by atoms with van der Waals surface area (Å²) in [4.78, 5) is 11.4. The molecule has 1 amide bonds. The van der Waals surface area contributed by atoms with E-state index in [2.05, 4.69) is 17.2 Å². The van der Waals surface area contributed by atoms with Gasteiger partial charge in [-0.25, -0.2) is 0 Å². The molecule has 0 aliphatic carbocycles. The maximum atomic E-state index is 11.4. The van der Waals surface area contributed by atoms with Gasteiger partial charge in [-0.2, -0.15) is 11.8 Å². The number of nitrogens with one attached hydrogen (secondary N) is 2. The fourth-order valence-electron chi connectivity index (χ4n) is 1.35. The third-order valence-corrected chi connectivity index (χ3v) is 2.93. The Morgan fingerprint density at radius 2 is 2.25 bits per heavy atom. The van der Waals surface area contributed by atoms with Crippen LogP contribution in [-0.2, 0) is 4.79 Å². The van der Waals surface area contributed by atoms with Crippen LogP contribution >= 0.6 is 11.8 Å². The van der Waals surface area contributed by atoms with Crippen LogP contribution in [0.5, 0.6) is 0 Å². The van der Waals surface area contributed by atoms with E-state index in [4.69, 9.17) is 0 Å². The summed E-state index contributed by atoms with van der Waals surface area (Å²) < 4.78 is 0. The molecule has 0 aromatic rings. The lowest BCUT2D eigenvalue weighted by Crippen LogP contribution is -2.40. The molecule has 0 unspecified atom stereocenters. The van der Waals surface area contributed by atoms with E-state index in [1.807, 2.05) is 0 Å². The van der Waals surface area contributed by atoms with Crippen LogP contribution < -0.4 is 10.6 Å². The lowest BCUT2D eigenvalue weighted by atomic mass is 10.1. The van der Waals surface area contributed by atoms with Gasteiger partial charge in [0, 0.05) is 17.0 Å². The van der Waals surface area contributed by atoms with E-state index in [-0.39, 0.29) is 5.91 Å². The summed E-state index contributed by atoms with van der Waals surface area (Å²) in [6.45, 7) is 3.67. The first-order valence-corrected chi connectivity index (χ1v) is 5.00. The van der Waals surface area contributed by atoms with E-state index in [0.29, 0.717) is 5.82 Å². The Hall–Kier alpha value is -0.900. The van der Waals surface area contributed by atoms with Crippen molar-refractivity contribution in [2.75, 3.05) is 11.5 Å². The predicted molar refractivity (Wildman–Crippen MR) is 49.4 cm³/mol. The quantitative estimate of drug-likeness (QED) is 0.575. The molecule has 4 heteroatoms. The van der Waals surface area contributed by atoms with Gasteiger partial charge in [0.05, 0.1) is 0 Å². The van der Waals surface area contributed by atoms with Gasteiger partial charge in [0.25, 0.3) is 5.91 Å². The number of amides is 1. The zero-order chi connectivity index (χ0) is 8.55. The minimum absolute atomic E-state index is 0.0148. The summed E-state index contributed by atoms with van der Waals surface area (Å²) in [6, 6.07) is 0. The molecule has 12 heavy (non-hydrogen) atoms. The van der Waals surface area contributed by atoms with Crippen molar-refractivity contribution >= 4 is 17.7 Å². The first-order chi connectivity index (χ1) is 5.77. The summed E-state index contributed by atoms with van der Waals surface area (Å²) in [6.07, 6.45) is 0.951. The van der Waals surface area contributed by atoms with Crippen LogP contribution in [0.3, 0.4) is 0 Å². The Labute approximate surface area is 75.3 Å². The molecule has 2 rings (SSSR count). The topological polar surface area (TPSA) is 41.1 Å². The minimum Gasteiger partial charge on any atom is -0.345 e. The van der Waals surface area contributed by atoms with Crippen LogP contribution in [-0.4, -0.2) is 17.4 Å². The number of carbonyl (C=O) groups is 1. The van der Waals surface area contributed by atoms with Crippen molar-refractivity contribution in [3.05, 3.63) is 23.7 Å². The number of allylic oxidation sites excluding steroid dienone is 1. The molecular formula is C8H10N2OS. The number of thioether (sulfide) groups is 1. The number of carbonyl (C=O) groups excluding carboxylic acids is 1. The van der Waals surface area contributed by atoms with Gasteiger partial charge in [-0.3, -0.25) is 4.79 Å². The van der Waals surface area contributed by atoms with E-state index < -0.39 is 0 Å². The fraction of sp³-hybridized carbons (Fsp3) is 0.375. The molecule has 2 aliphatic rings. The van der Waals surface area contributed by atoms with Crippen molar-refractivity contribution < 1.29 is 4.79 Å². The van der Waals surface area contributed by atoms with Crippen LogP contribution in [0, 0.1) is 0 Å². The molecule has 2 heterocycles. The van der Waals surface area contributed by atoms with Crippen molar-refractivity contribution in [3.63, 3.8) is 0 Å². The lowest BCUT2D eigenvalue weighted by molar-refractivity contribution is -0.117. The van der Waals surface area contributed by atoms with Crippen LogP contribution in [0.1, 0.15) is 6.42 Å². The van der Waals surface area contributed by atoms with Crippen LogP contribution in [0.25, 0.3) is 0 Å². The van der Waals surface area contributed by atoms with Crippen LogP contribution in [0.2, 0.25) is 0 Å². The second-order valence-electron chi connectivity index (χ2n) is 2.82. The molecule has 64 valence electrons. The molecule has 2 aliphatic heterocycles. The van der Waals surface area contributed by atoms with Crippen molar-refractivity contribution in [2.45, 2.75) is 6.42 Å². The highest BCUT2D eigenvalue weighted by Gasteiger charge is 2.23. The van der Waals surface area contributed by atoms with Crippen molar-refractivity contribution in [1.82, 2.24) is 10.6 Å². The Bertz CT molecular complexity index is 283. The van der Waals surface area contributed by atoms with Gasteiger partial charge in [0.1, 0.15) is 5.82 Å².